The minimum atomic E-state index is -4.65. The van der Waals surface area contributed by atoms with Crippen LogP contribution >= 0.6 is 11.3 Å². The van der Waals surface area contributed by atoms with E-state index < -0.39 is 29.6 Å². The fourth-order valence-electron chi connectivity index (χ4n) is 4.88. The summed E-state index contributed by atoms with van der Waals surface area (Å²) in [6, 6.07) is 2.82. The lowest BCUT2D eigenvalue weighted by atomic mass is 9.98. The first-order valence-electron chi connectivity index (χ1n) is 13.8. The number of hydrogen-bond donors (Lipinski definition) is 1. The van der Waals surface area contributed by atoms with E-state index in [1.54, 1.807) is 30.2 Å². The monoisotopic (exact) mass is 618 g/mol. The number of halogens is 3. The van der Waals surface area contributed by atoms with Crippen molar-refractivity contribution < 1.29 is 32.2 Å². The largest absolute Gasteiger partial charge is 0.489 e. The lowest BCUT2D eigenvalue weighted by Gasteiger charge is -2.43. The molecule has 0 saturated carbocycles. The molecule has 2 aliphatic heterocycles. The Bertz CT molecular complexity index is 1500. The molecule has 3 aromatic rings. The maximum Gasteiger partial charge on any atom is 0.451 e. The lowest BCUT2D eigenvalue weighted by molar-refractivity contribution is -0.145. The van der Waals surface area contributed by atoms with Crippen molar-refractivity contribution in [3.05, 3.63) is 52.6 Å². The van der Waals surface area contributed by atoms with E-state index in [0.717, 1.165) is 23.0 Å². The van der Waals surface area contributed by atoms with Crippen LogP contribution in [0, 0.1) is 12.8 Å². The Labute approximate surface area is 251 Å². The highest BCUT2D eigenvalue weighted by Crippen LogP contribution is 2.43. The van der Waals surface area contributed by atoms with Crippen molar-refractivity contribution in [3.8, 4) is 16.3 Å². The maximum atomic E-state index is 13.5. The third kappa shape index (κ3) is 7.00. The molecule has 1 atom stereocenters. The van der Waals surface area contributed by atoms with Crippen molar-refractivity contribution in [1.29, 1.82) is 0 Å². The number of aromatic nitrogens is 3. The van der Waals surface area contributed by atoms with Crippen LogP contribution in [0.4, 0.5) is 23.7 Å². The molecule has 1 unspecified atom stereocenters. The number of rotatable bonds is 6. The summed E-state index contributed by atoms with van der Waals surface area (Å²) in [5, 5.41) is 3.54. The Morgan fingerprint density at radius 3 is 2.44 bits per heavy atom. The molecule has 5 rings (SSSR count). The molecule has 2 amide bonds. The third-order valence-electron chi connectivity index (χ3n) is 6.99. The number of amides is 2. The third-order valence-corrected chi connectivity index (χ3v) is 7.94. The number of nitrogens with zero attached hydrogens (tertiary/aromatic N) is 5. The van der Waals surface area contributed by atoms with E-state index in [-0.39, 0.29) is 12.0 Å². The van der Waals surface area contributed by atoms with Gasteiger partial charge in [-0.1, -0.05) is 0 Å². The number of nitrogens with one attached hydrogen (secondary N) is 1. The van der Waals surface area contributed by atoms with E-state index in [1.807, 2.05) is 27.7 Å². The quantitative estimate of drug-likeness (QED) is 0.387. The number of benzene rings is 1. The Balaban J connectivity index is 1.37. The van der Waals surface area contributed by atoms with E-state index in [4.69, 9.17) is 9.47 Å². The van der Waals surface area contributed by atoms with E-state index >= 15 is 0 Å². The van der Waals surface area contributed by atoms with Gasteiger partial charge in [-0.2, -0.15) is 13.2 Å². The molecule has 1 N–H and O–H groups in total. The average molecular weight is 619 g/mol. The number of carbonyl (C=O) groups excluding carboxylic acids is 2. The number of likely N-dealkylation sites (tertiary alicyclic amines) is 1. The standard InChI is InChI=1S/C29H33F3N6O4S/c1-16-10-33-25(43-16)21-8-19(24(39)36-17(2)20-11-34-26(35-12-20)29(30,31)32)9-22-23(21)41-7-6-37(22)13-18-14-38(15-18)27(40)42-28(3,4)5/h8-12,17-18H,6-7,13-15H2,1-5H3,(H,36,39). The summed E-state index contributed by atoms with van der Waals surface area (Å²) < 4.78 is 50.2. The summed E-state index contributed by atoms with van der Waals surface area (Å²) in [6.07, 6.45) is -1.11. The molecule has 230 valence electrons. The fraction of sp³-hybridized carbons (Fsp3) is 0.483. The van der Waals surface area contributed by atoms with Crippen molar-refractivity contribution in [3.63, 3.8) is 0 Å². The first-order chi connectivity index (χ1) is 20.2. The van der Waals surface area contributed by atoms with Crippen LogP contribution in [0.25, 0.3) is 10.6 Å². The van der Waals surface area contributed by atoms with Crippen molar-refractivity contribution in [2.45, 2.75) is 52.4 Å². The Morgan fingerprint density at radius 2 is 1.84 bits per heavy atom. The number of hydrogen-bond acceptors (Lipinski definition) is 9. The molecule has 0 radical (unpaired) electrons. The van der Waals surface area contributed by atoms with Gasteiger partial charge in [0.1, 0.15) is 17.2 Å². The molecule has 0 aliphatic carbocycles. The molecular weight excluding hydrogens is 585 g/mol. The number of fused-ring (bicyclic) bond motifs is 1. The zero-order valence-electron chi connectivity index (χ0n) is 24.5. The van der Waals surface area contributed by atoms with Crippen LogP contribution in [0.2, 0.25) is 0 Å². The highest BCUT2D eigenvalue weighted by atomic mass is 32.1. The second kappa shape index (κ2) is 11.6. The molecule has 2 aromatic heterocycles. The van der Waals surface area contributed by atoms with E-state index in [9.17, 15) is 22.8 Å². The molecule has 14 heteroatoms. The zero-order valence-corrected chi connectivity index (χ0v) is 25.3. The molecule has 0 spiro atoms. The topological polar surface area (TPSA) is 110 Å². The second-order valence-corrected chi connectivity index (χ2v) is 13.0. The molecule has 1 aromatic carbocycles. The molecule has 43 heavy (non-hydrogen) atoms. The molecule has 4 heterocycles. The van der Waals surface area contributed by atoms with Crippen LogP contribution in [0.15, 0.2) is 30.7 Å². The van der Waals surface area contributed by atoms with Crippen molar-refractivity contribution in [1.82, 2.24) is 25.2 Å². The van der Waals surface area contributed by atoms with Gasteiger partial charge in [-0.15, -0.1) is 11.3 Å². The predicted molar refractivity (Wildman–Crippen MR) is 154 cm³/mol. The van der Waals surface area contributed by atoms with Gasteiger partial charge in [0.25, 0.3) is 5.91 Å². The van der Waals surface area contributed by atoms with Crippen LogP contribution in [0.5, 0.6) is 5.75 Å². The van der Waals surface area contributed by atoms with Gasteiger partial charge < -0.3 is 24.6 Å². The maximum absolute atomic E-state index is 13.5. The van der Waals surface area contributed by atoms with Crippen LogP contribution in [-0.4, -0.2) is 70.2 Å². The van der Waals surface area contributed by atoms with Gasteiger partial charge in [0.15, 0.2) is 5.75 Å². The number of aryl methyl sites for hydroxylation is 1. The van der Waals surface area contributed by atoms with Gasteiger partial charge in [0, 0.05) is 60.1 Å². The van der Waals surface area contributed by atoms with Crippen LogP contribution in [0.1, 0.15) is 60.4 Å². The average Bonchev–Trinajstić information content (AvgIpc) is 3.34. The van der Waals surface area contributed by atoms with Gasteiger partial charge in [-0.25, -0.2) is 19.7 Å². The Morgan fingerprint density at radius 1 is 1.14 bits per heavy atom. The summed E-state index contributed by atoms with van der Waals surface area (Å²) >= 11 is 1.48. The smallest absolute Gasteiger partial charge is 0.451 e. The fourth-order valence-corrected chi connectivity index (χ4v) is 5.66. The first kappa shape index (κ1) is 30.5. The molecular formula is C29H33F3N6O4S. The van der Waals surface area contributed by atoms with E-state index in [0.29, 0.717) is 60.2 Å². The highest BCUT2D eigenvalue weighted by Gasteiger charge is 2.37. The summed E-state index contributed by atoms with van der Waals surface area (Å²) in [7, 11) is 0. The minimum absolute atomic E-state index is 0.209. The van der Waals surface area contributed by atoms with Gasteiger partial charge in [-0.05, 0) is 46.8 Å². The number of alkyl halides is 3. The summed E-state index contributed by atoms with van der Waals surface area (Å²) in [6.45, 7) is 11.9. The summed E-state index contributed by atoms with van der Waals surface area (Å²) in [5.41, 5.74) is 1.53. The predicted octanol–water partition coefficient (Wildman–Crippen LogP) is 5.48. The highest BCUT2D eigenvalue weighted by molar-refractivity contribution is 7.15. The van der Waals surface area contributed by atoms with Gasteiger partial charge in [-0.3, -0.25) is 4.79 Å². The van der Waals surface area contributed by atoms with Gasteiger partial charge >= 0.3 is 12.3 Å². The summed E-state index contributed by atoms with van der Waals surface area (Å²) in [4.78, 5) is 42.1. The number of thiazole rings is 1. The van der Waals surface area contributed by atoms with E-state index in [1.165, 1.54) is 11.3 Å². The Kier molecular flexibility index (Phi) is 8.25. The lowest BCUT2D eigenvalue weighted by Crippen LogP contribution is -2.55. The molecule has 10 nitrogen and oxygen atoms in total. The van der Waals surface area contributed by atoms with Gasteiger partial charge in [0.2, 0.25) is 5.82 Å². The molecule has 0 bridgehead atoms. The van der Waals surface area contributed by atoms with E-state index in [2.05, 4.69) is 25.2 Å². The van der Waals surface area contributed by atoms with Crippen molar-refractivity contribution in [2.24, 2.45) is 5.92 Å². The normalized spacial score (nSPS) is 16.2. The minimum Gasteiger partial charge on any atom is -0.489 e. The number of ether oxygens (including phenoxy) is 2. The number of anilines is 1. The Hall–Kier alpha value is -3.94. The van der Waals surface area contributed by atoms with Crippen molar-refractivity contribution in [2.75, 3.05) is 37.7 Å². The van der Waals surface area contributed by atoms with Crippen LogP contribution in [0.3, 0.4) is 0 Å². The zero-order chi connectivity index (χ0) is 31.1. The SMILES string of the molecule is Cc1cnc(-c2cc(C(=O)NC(C)c3cnc(C(F)(F)F)nc3)cc3c2OCCN3CC2CN(C(=O)OC(C)(C)C)C2)s1. The second-order valence-electron chi connectivity index (χ2n) is 11.7. The molecule has 1 saturated heterocycles. The van der Waals surface area contributed by atoms with Crippen molar-refractivity contribution >= 4 is 29.0 Å². The number of carbonyl (C=O) groups is 2. The van der Waals surface area contributed by atoms with Crippen LogP contribution < -0.4 is 15.0 Å². The first-order valence-corrected chi connectivity index (χ1v) is 14.7. The van der Waals surface area contributed by atoms with Crippen LogP contribution in [-0.2, 0) is 10.9 Å². The molecule has 2 aliphatic rings. The summed E-state index contributed by atoms with van der Waals surface area (Å²) in [5.74, 6) is -0.825. The van der Waals surface area contributed by atoms with Gasteiger partial charge in [0.05, 0.1) is 23.8 Å². The molecule has 1 fully saturated rings.